The molecule has 7 nitrogen and oxygen atoms in total. The summed E-state index contributed by atoms with van der Waals surface area (Å²) in [5.41, 5.74) is -0.323. The molecule has 1 aliphatic rings. The van der Waals surface area contributed by atoms with Crippen molar-refractivity contribution in [3.8, 4) is 0 Å². The van der Waals surface area contributed by atoms with Gasteiger partial charge in [0, 0.05) is 5.54 Å². The molecule has 1 rings (SSSR count). The second kappa shape index (κ2) is 5.70. The molecule has 0 aromatic carbocycles. The Morgan fingerprint density at radius 3 is 2.22 bits per heavy atom. The van der Waals surface area contributed by atoms with Gasteiger partial charge in [0.1, 0.15) is 6.04 Å². The van der Waals surface area contributed by atoms with Gasteiger partial charge in [-0.15, -0.1) is 0 Å². The van der Waals surface area contributed by atoms with Crippen LogP contribution in [0, 0.1) is 0 Å². The molecule has 102 valence electrons. The Morgan fingerprint density at radius 1 is 1.22 bits per heavy atom. The molecular weight excluding hydrogens is 240 g/mol. The lowest BCUT2D eigenvalue weighted by Crippen LogP contribution is -2.53. The minimum Gasteiger partial charge on any atom is -0.481 e. The highest BCUT2D eigenvalue weighted by Crippen LogP contribution is 2.28. The van der Waals surface area contributed by atoms with Crippen molar-refractivity contribution in [3.63, 3.8) is 0 Å². The Morgan fingerprint density at radius 2 is 1.78 bits per heavy atom. The van der Waals surface area contributed by atoms with Crippen LogP contribution >= 0.6 is 0 Å². The number of hydrogen-bond donors (Lipinski definition) is 4. The highest BCUT2D eigenvalue weighted by atomic mass is 16.4. The van der Waals surface area contributed by atoms with Gasteiger partial charge in [0.15, 0.2) is 0 Å². The first kappa shape index (κ1) is 14.3. The van der Waals surface area contributed by atoms with E-state index in [-0.39, 0.29) is 5.54 Å². The van der Waals surface area contributed by atoms with E-state index in [9.17, 15) is 14.4 Å². The minimum atomic E-state index is -1.41. The van der Waals surface area contributed by atoms with Gasteiger partial charge in [0.2, 0.25) is 0 Å². The smallest absolute Gasteiger partial charge is 0.326 e. The number of rotatable bonds is 5. The van der Waals surface area contributed by atoms with Gasteiger partial charge in [0.25, 0.3) is 0 Å². The summed E-state index contributed by atoms with van der Waals surface area (Å²) < 4.78 is 0. The topological polar surface area (TPSA) is 116 Å². The zero-order valence-electron chi connectivity index (χ0n) is 10.2. The third-order valence-corrected chi connectivity index (χ3v) is 3.10. The van der Waals surface area contributed by atoms with Crippen molar-refractivity contribution in [2.75, 3.05) is 0 Å². The van der Waals surface area contributed by atoms with Gasteiger partial charge in [-0.05, 0) is 19.8 Å². The largest absolute Gasteiger partial charge is 0.481 e. The van der Waals surface area contributed by atoms with Crippen LogP contribution in [0.15, 0.2) is 0 Å². The van der Waals surface area contributed by atoms with Gasteiger partial charge in [-0.25, -0.2) is 9.59 Å². The fraction of sp³-hybridized carbons (Fsp3) is 0.727. The average Bonchev–Trinajstić information content (AvgIpc) is 2.62. The van der Waals surface area contributed by atoms with E-state index in [0.717, 1.165) is 25.7 Å². The summed E-state index contributed by atoms with van der Waals surface area (Å²) in [6.45, 7) is 1.90. The number of carbonyl (C=O) groups is 3. The van der Waals surface area contributed by atoms with E-state index in [1.807, 2.05) is 6.92 Å². The van der Waals surface area contributed by atoms with Crippen LogP contribution in [0.2, 0.25) is 0 Å². The van der Waals surface area contributed by atoms with Crippen LogP contribution in [0.3, 0.4) is 0 Å². The predicted molar refractivity (Wildman–Crippen MR) is 62.2 cm³/mol. The van der Waals surface area contributed by atoms with Crippen molar-refractivity contribution in [1.82, 2.24) is 10.6 Å². The monoisotopic (exact) mass is 258 g/mol. The van der Waals surface area contributed by atoms with Crippen molar-refractivity contribution in [1.29, 1.82) is 0 Å². The molecule has 1 aliphatic carbocycles. The molecule has 1 unspecified atom stereocenters. The molecule has 1 fully saturated rings. The van der Waals surface area contributed by atoms with Gasteiger partial charge < -0.3 is 20.8 Å². The Hall–Kier alpha value is -1.79. The maximum Gasteiger partial charge on any atom is 0.326 e. The van der Waals surface area contributed by atoms with Gasteiger partial charge >= 0.3 is 18.0 Å². The summed E-state index contributed by atoms with van der Waals surface area (Å²) in [6, 6.07) is -2.04. The Balaban J connectivity index is 2.50. The predicted octanol–water partition coefficient (Wildman–Crippen LogP) is 0.546. The first-order chi connectivity index (χ1) is 8.32. The van der Waals surface area contributed by atoms with E-state index < -0.39 is 30.4 Å². The van der Waals surface area contributed by atoms with Crippen molar-refractivity contribution in [3.05, 3.63) is 0 Å². The highest BCUT2D eigenvalue weighted by molar-refractivity contribution is 5.86. The van der Waals surface area contributed by atoms with Crippen LogP contribution in [0.25, 0.3) is 0 Å². The molecule has 0 spiro atoms. The van der Waals surface area contributed by atoms with Crippen LogP contribution in [0.5, 0.6) is 0 Å². The number of carboxylic acids is 2. The van der Waals surface area contributed by atoms with Gasteiger partial charge in [-0.3, -0.25) is 4.79 Å². The summed E-state index contributed by atoms with van der Waals surface area (Å²) in [5.74, 6) is -2.63. The Labute approximate surface area is 105 Å². The van der Waals surface area contributed by atoms with E-state index in [1.165, 1.54) is 0 Å². The third-order valence-electron chi connectivity index (χ3n) is 3.10. The molecule has 1 saturated carbocycles. The SMILES string of the molecule is CC1(NC(=O)NC(CC(=O)O)C(=O)O)CCCC1. The standard InChI is InChI=1S/C11H18N2O5/c1-11(4-2-3-5-11)13-10(18)12-7(9(16)17)6-8(14)15/h7H,2-6H2,1H3,(H,14,15)(H,16,17)(H2,12,13,18). The first-order valence-corrected chi connectivity index (χ1v) is 5.86. The minimum absolute atomic E-state index is 0.323. The zero-order chi connectivity index (χ0) is 13.8. The van der Waals surface area contributed by atoms with Crippen LogP contribution in [0.1, 0.15) is 39.0 Å². The second-order valence-electron chi connectivity index (χ2n) is 4.85. The molecule has 0 saturated heterocycles. The van der Waals surface area contributed by atoms with Crippen LogP contribution < -0.4 is 10.6 Å². The molecule has 4 N–H and O–H groups in total. The summed E-state index contributed by atoms with van der Waals surface area (Å²) in [7, 11) is 0. The van der Waals surface area contributed by atoms with E-state index in [0.29, 0.717) is 0 Å². The number of nitrogens with one attached hydrogen (secondary N) is 2. The van der Waals surface area contributed by atoms with Crippen molar-refractivity contribution in [2.24, 2.45) is 0 Å². The van der Waals surface area contributed by atoms with E-state index in [4.69, 9.17) is 10.2 Å². The van der Waals surface area contributed by atoms with E-state index >= 15 is 0 Å². The molecule has 18 heavy (non-hydrogen) atoms. The lowest BCUT2D eigenvalue weighted by atomic mass is 10.0. The number of amides is 2. The molecule has 7 heteroatoms. The normalized spacial score (nSPS) is 18.9. The van der Waals surface area contributed by atoms with Crippen molar-refractivity contribution >= 4 is 18.0 Å². The Bertz CT molecular complexity index is 349. The molecule has 0 aromatic rings. The third kappa shape index (κ3) is 4.23. The molecular formula is C11H18N2O5. The summed E-state index contributed by atoms with van der Waals surface area (Å²) in [6.07, 6.45) is 3.09. The number of hydrogen-bond acceptors (Lipinski definition) is 3. The van der Waals surface area contributed by atoms with Crippen molar-refractivity contribution in [2.45, 2.75) is 50.6 Å². The van der Waals surface area contributed by atoms with Crippen LogP contribution in [-0.2, 0) is 9.59 Å². The fourth-order valence-electron chi connectivity index (χ4n) is 2.12. The molecule has 0 aromatic heterocycles. The molecule has 0 radical (unpaired) electrons. The fourth-order valence-corrected chi connectivity index (χ4v) is 2.12. The van der Waals surface area contributed by atoms with Crippen molar-refractivity contribution < 1.29 is 24.6 Å². The number of carbonyl (C=O) groups excluding carboxylic acids is 1. The van der Waals surface area contributed by atoms with E-state index in [1.54, 1.807) is 0 Å². The second-order valence-corrected chi connectivity index (χ2v) is 4.85. The quantitative estimate of drug-likeness (QED) is 0.574. The molecule has 0 heterocycles. The van der Waals surface area contributed by atoms with Gasteiger partial charge in [-0.2, -0.15) is 0 Å². The molecule has 2 amide bonds. The average molecular weight is 258 g/mol. The van der Waals surface area contributed by atoms with Gasteiger partial charge in [0.05, 0.1) is 6.42 Å². The lowest BCUT2D eigenvalue weighted by Gasteiger charge is -2.26. The number of urea groups is 1. The molecule has 1 atom stereocenters. The van der Waals surface area contributed by atoms with Gasteiger partial charge in [-0.1, -0.05) is 12.8 Å². The maximum absolute atomic E-state index is 11.6. The number of carboxylic acid groups (broad SMARTS) is 2. The molecule has 0 bridgehead atoms. The lowest BCUT2D eigenvalue weighted by molar-refractivity contribution is -0.145. The summed E-state index contributed by atoms with van der Waals surface area (Å²) in [5, 5.41) is 22.2. The highest BCUT2D eigenvalue weighted by Gasteiger charge is 2.31. The van der Waals surface area contributed by atoms with Crippen LogP contribution in [0.4, 0.5) is 4.79 Å². The van der Waals surface area contributed by atoms with E-state index in [2.05, 4.69) is 10.6 Å². The first-order valence-electron chi connectivity index (χ1n) is 5.86. The molecule has 0 aliphatic heterocycles. The maximum atomic E-state index is 11.6. The Kier molecular flexibility index (Phi) is 4.52. The summed E-state index contributed by atoms with van der Waals surface area (Å²) >= 11 is 0. The van der Waals surface area contributed by atoms with Crippen LogP contribution in [-0.4, -0.2) is 39.8 Å². The summed E-state index contributed by atoms with van der Waals surface area (Å²) in [4.78, 5) is 32.9. The zero-order valence-corrected chi connectivity index (χ0v) is 10.2. The number of aliphatic carboxylic acids is 2.